The third-order valence-corrected chi connectivity index (χ3v) is 11.5. The first-order valence-electron chi connectivity index (χ1n) is 22.9. The number of phosphoric ester groups is 1. The van der Waals surface area contributed by atoms with Crippen LogP contribution in [0, 0.1) is 5.41 Å². The van der Waals surface area contributed by atoms with E-state index in [1.807, 2.05) is 20.8 Å². The van der Waals surface area contributed by atoms with Crippen molar-refractivity contribution in [3.05, 3.63) is 0 Å². The average molecular weight is 1020 g/mol. The van der Waals surface area contributed by atoms with E-state index >= 15 is 0 Å². The van der Waals surface area contributed by atoms with Crippen LogP contribution in [0.15, 0.2) is 0 Å². The molecule has 402 valence electrons. The number of hydrogen-bond donors (Lipinski definition) is 12. The van der Waals surface area contributed by atoms with E-state index in [1.165, 1.54) is 6.92 Å². The van der Waals surface area contributed by atoms with Gasteiger partial charge in [0.05, 0.1) is 50.8 Å². The molecule has 2 aliphatic heterocycles. The lowest BCUT2D eigenvalue weighted by Crippen LogP contribution is -2.64. The SMILES string of the molecule is CC(=O)N[C@H]1[C@H](OCC(=O)NCCCC[C@H](NC(=O)CO[C@@H]2O[C@H](CCO)[C@H](O)[C@H](O)[C@H]2NC(C)=O)C(=O)NCCOCCOC[C@@H](CC(C)(C)C)OP(=O)(O)OC(C)(C)C)O[C@H](CO)[C@H](O)[C@@H]1O. The van der Waals surface area contributed by atoms with Crippen molar-refractivity contribution < 1.29 is 102 Å². The number of amides is 5. The maximum Gasteiger partial charge on any atom is 0.473 e. The second-order valence-corrected chi connectivity index (χ2v) is 20.3. The van der Waals surface area contributed by atoms with E-state index in [1.54, 1.807) is 20.8 Å². The number of aliphatic hydroxyl groups is 6. The molecule has 0 aromatic rings. The molecule has 27 heteroatoms. The third kappa shape index (κ3) is 24.3. The molecule has 0 aromatic carbocycles. The van der Waals surface area contributed by atoms with Gasteiger partial charge in [0.15, 0.2) is 12.6 Å². The van der Waals surface area contributed by atoms with Crippen molar-refractivity contribution >= 4 is 37.4 Å². The molecular weight excluding hydrogens is 941 g/mol. The Bertz CT molecular complexity index is 1640. The minimum Gasteiger partial charge on any atom is -0.396 e. The highest BCUT2D eigenvalue weighted by molar-refractivity contribution is 7.47. The lowest BCUT2D eigenvalue weighted by Gasteiger charge is -2.42. The van der Waals surface area contributed by atoms with Crippen LogP contribution in [0.3, 0.4) is 0 Å². The first-order valence-corrected chi connectivity index (χ1v) is 24.4. The summed E-state index contributed by atoms with van der Waals surface area (Å²) in [6, 6.07) is -3.68. The molecule has 0 aliphatic carbocycles. The van der Waals surface area contributed by atoms with Crippen LogP contribution in [0.25, 0.3) is 0 Å². The van der Waals surface area contributed by atoms with E-state index in [9.17, 15) is 64.1 Å². The fraction of sp³-hybridized carbons (Fsp3) is 0.881. The van der Waals surface area contributed by atoms with Crippen LogP contribution in [-0.4, -0.2) is 210 Å². The molecule has 5 amide bonds. The Kier molecular flexibility index (Phi) is 27.1. The van der Waals surface area contributed by atoms with Crippen molar-refractivity contribution in [2.45, 2.75) is 167 Å². The lowest BCUT2D eigenvalue weighted by atomic mass is 9.89. The predicted molar refractivity (Wildman–Crippen MR) is 240 cm³/mol. The normalized spacial score (nSPS) is 27.1. The highest BCUT2D eigenvalue weighted by Crippen LogP contribution is 2.49. The molecule has 2 saturated heterocycles. The summed E-state index contributed by atoms with van der Waals surface area (Å²) in [4.78, 5) is 73.1. The van der Waals surface area contributed by atoms with Crippen LogP contribution in [0.5, 0.6) is 0 Å². The Balaban J connectivity index is 1.99. The van der Waals surface area contributed by atoms with Crippen LogP contribution in [0.4, 0.5) is 0 Å². The van der Waals surface area contributed by atoms with Gasteiger partial charge in [-0.05, 0) is 58.3 Å². The monoisotopic (exact) mass is 1020 g/mol. The molecule has 0 bridgehead atoms. The summed E-state index contributed by atoms with van der Waals surface area (Å²) in [5, 5.41) is 73.4. The summed E-state index contributed by atoms with van der Waals surface area (Å²) in [5.74, 6) is -3.17. The van der Waals surface area contributed by atoms with Crippen LogP contribution >= 0.6 is 7.82 Å². The number of unbranched alkanes of at least 4 members (excludes halogenated alkanes) is 1. The Morgan fingerprint density at radius 2 is 1.26 bits per heavy atom. The fourth-order valence-electron chi connectivity index (χ4n) is 7.18. The summed E-state index contributed by atoms with van der Waals surface area (Å²) < 4.78 is 56.7. The van der Waals surface area contributed by atoms with Gasteiger partial charge < -0.3 is 90.5 Å². The van der Waals surface area contributed by atoms with Crippen molar-refractivity contribution in [3.63, 3.8) is 0 Å². The van der Waals surface area contributed by atoms with Crippen LogP contribution in [0.1, 0.15) is 87.5 Å². The van der Waals surface area contributed by atoms with E-state index in [0.29, 0.717) is 12.8 Å². The number of hydrogen-bond acceptors (Lipinski definition) is 20. The Hall–Kier alpha value is -3.02. The average Bonchev–Trinajstić information content (AvgIpc) is 3.22. The molecule has 0 radical (unpaired) electrons. The van der Waals surface area contributed by atoms with Gasteiger partial charge in [-0.2, -0.15) is 0 Å². The van der Waals surface area contributed by atoms with Crippen LogP contribution in [0.2, 0.25) is 0 Å². The van der Waals surface area contributed by atoms with Crippen molar-refractivity contribution in [3.8, 4) is 0 Å². The standard InChI is InChI=1S/C42H78N5O21P/c1-24(50)45-32-36(56)34(54)28(12-15-48)65-39(32)64-23-31(53)47-27(11-9-10-13-43-30(52)22-63-40-33(46-25(2)51)37(57)35(55)29(20-49)66-40)38(58)44-14-16-61-17-18-62-21-26(19-41(3,4)5)67-69(59,60)68-42(6,7)8/h26-29,32-37,39-40,48-49,54-57H,9-23H2,1-8H3,(H,43,52)(H,44,58)(H,45,50)(H,46,51)(H,47,53)(H,59,60)/t26-,27+,28-,29-,32-,33-,34+,35+,36-,37-,39-,40-/m1/s1. The zero-order valence-corrected chi connectivity index (χ0v) is 41.7. The third-order valence-electron chi connectivity index (χ3n) is 10.1. The highest BCUT2D eigenvalue weighted by Gasteiger charge is 2.47. The smallest absolute Gasteiger partial charge is 0.396 e. The van der Waals surface area contributed by atoms with Crippen molar-refractivity contribution in [2.75, 3.05) is 65.9 Å². The van der Waals surface area contributed by atoms with Gasteiger partial charge in [-0.3, -0.25) is 33.0 Å². The van der Waals surface area contributed by atoms with Crippen molar-refractivity contribution in [1.29, 1.82) is 0 Å². The predicted octanol–water partition coefficient (Wildman–Crippen LogP) is -3.05. The molecule has 0 saturated carbocycles. The first-order chi connectivity index (χ1) is 32.2. The Morgan fingerprint density at radius 1 is 0.710 bits per heavy atom. The molecule has 69 heavy (non-hydrogen) atoms. The minimum absolute atomic E-state index is 0.00860. The molecule has 2 aliphatic rings. The molecule has 13 atom stereocenters. The van der Waals surface area contributed by atoms with Crippen molar-refractivity contribution in [1.82, 2.24) is 26.6 Å². The summed E-state index contributed by atoms with van der Waals surface area (Å²) in [5.41, 5.74) is -1.19. The van der Waals surface area contributed by atoms with E-state index in [0.717, 1.165) is 6.92 Å². The molecular formula is C42H78N5O21P. The van der Waals surface area contributed by atoms with Gasteiger partial charge in [-0.25, -0.2) is 4.57 Å². The maximum absolute atomic E-state index is 13.4. The summed E-state index contributed by atoms with van der Waals surface area (Å²) in [6.07, 6.45) is -11.1. The number of aliphatic hydroxyl groups excluding tert-OH is 6. The molecule has 0 aromatic heterocycles. The van der Waals surface area contributed by atoms with Gasteiger partial charge in [-0.15, -0.1) is 0 Å². The molecule has 2 heterocycles. The molecule has 2 rings (SSSR count). The first kappa shape index (κ1) is 62.1. The van der Waals surface area contributed by atoms with Gasteiger partial charge >= 0.3 is 7.82 Å². The van der Waals surface area contributed by atoms with Gasteiger partial charge in [0.1, 0.15) is 61.9 Å². The zero-order chi connectivity index (χ0) is 52.1. The van der Waals surface area contributed by atoms with E-state index < -0.39 is 143 Å². The minimum atomic E-state index is -4.40. The number of ether oxygens (including phenoxy) is 6. The quantitative estimate of drug-likeness (QED) is 0.0251. The number of nitrogens with one attached hydrogen (secondary N) is 5. The van der Waals surface area contributed by atoms with Crippen LogP contribution in [-0.2, 0) is 66.0 Å². The number of carbonyl (C=O) groups is 5. The van der Waals surface area contributed by atoms with Crippen LogP contribution < -0.4 is 26.6 Å². The fourth-order valence-corrected chi connectivity index (χ4v) is 8.43. The topological polar surface area (TPSA) is 378 Å². The molecule has 12 N–H and O–H groups in total. The Morgan fingerprint density at radius 3 is 1.80 bits per heavy atom. The number of carbonyl (C=O) groups excluding carboxylic acids is 5. The highest BCUT2D eigenvalue weighted by atomic mass is 31.2. The summed E-state index contributed by atoms with van der Waals surface area (Å²) >= 11 is 0. The van der Waals surface area contributed by atoms with Gasteiger partial charge in [0.2, 0.25) is 29.5 Å². The molecule has 1 unspecified atom stereocenters. The maximum atomic E-state index is 13.4. The molecule has 26 nitrogen and oxygen atoms in total. The summed E-state index contributed by atoms with van der Waals surface area (Å²) in [7, 11) is -4.40. The molecule has 2 fully saturated rings. The second-order valence-electron chi connectivity index (χ2n) is 18.9. The number of rotatable bonds is 30. The number of phosphoric acid groups is 1. The van der Waals surface area contributed by atoms with Gasteiger partial charge in [0.25, 0.3) is 0 Å². The van der Waals surface area contributed by atoms with E-state index in [-0.39, 0.29) is 64.2 Å². The van der Waals surface area contributed by atoms with E-state index in [4.69, 9.17) is 37.5 Å². The van der Waals surface area contributed by atoms with E-state index in [2.05, 4.69) is 26.6 Å². The van der Waals surface area contributed by atoms with Crippen molar-refractivity contribution in [2.24, 2.45) is 5.41 Å². The molecule has 0 spiro atoms. The largest absolute Gasteiger partial charge is 0.473 e. The zero-order valence-electron chi connectivity index (χ0n) is 40.8. The van der Waals surface area contributed by atoms with Gasteiger partial charge in [-0.1, -0.05) is 20.8 Å². The van der Waals surface area contributed by atoms with Gasteiger partial charge in [0, 0.05) is 33.5 Å². The summed E-state index contributed by atoms with van der Waals surface area (Å²) in [6.45, 7) is 10.9. The second kappa shape index (κ2) is 30.1. The Labute approximate surface area is 402 Å². The lowest BCUT2D eigenvalue weighted by molar-refractivity contribution is -0.268.